The third kappa shape index (κ3) is 3.62. The number of ether oxygens (including phenoxy) is 1. The average Bonchev–Trinajstić information content (AvgIpc) is 2.20. The Kier molecular flexibility index (Phi) is 4.42. The molecule has 0 aromatic carbocycles. The molecule has 0 fully saturated rings. The number of rotatable bonds is 5. The fraction of sp³-hybridized carbons (Fsp3) is 0.600. The van der Waals surface area contributed by atoms with Gasteiger partial charge in [0, 0.05) is 0 Å². The first kappa shape index (κ1) is 12.6. The molecule has 6 heteroatoms. The molecule has 1 rings (SSSR count). The van der Waals surface area contributed by atoms with Crippen LogP contribution in [0.5, 0.6) is 5.88 Å². The van der Waals surface area contributed by atoms with Crippen molar-refractivity contribution in [3.05, 3.63) is 12.0 Å². The lowest BCUT2D eigenvalue weighted by atomic mass is 10.1. The third-order valence-electron chi connectivity index (χ3n) is 1.96. The molecule has 0 spiro atoms. The van der Waals surface area contributed by atoms with E-state index in [1.165, 1.54) is 0 Å². The van der Waals surface area contributed by atoms with Gasteiger partial charge in [-0.1, -0.05) is 13.8 Å². The molecule has 0 radical (unpaired) electrons. The van der Waals surface area contributed by atoms with Crippen molar-refractivity contribution in [2.24, 2.45) is 11.8 Å². The molecule has 0 saturated heterocycles. The minimum atomic E-state index is -0.588. The van der Waals surface area contributed by atoms with Crippen LogP contribution in [0.3, 0.4) is 0 Å². The number of nitrogen functional groups attached to an aromatic ring is 1. The second-order valence-corrected chi connectivity index (χ2v) is 4.05. The molecule has 0 bridgehead atoms. The number of halogens is 1. The molecule has 1 unspecified atom stereocenters. The Hall–Kier alpha value is -1.43. The van der Waals surface area contributed by atoms with Gasteiger partial charge in [-0.2, -0.15) is 9.37 Å². The molecule has 90 valence electrons. The van der Waals surface area contributed by atoms with E-state index in [9.17, 15) is 4.39 Å². The second-order valence-electron chi connectivity index (χ2n) is 4.05. The fourth-order valence-electron chi connectivity index (χ4n) is 1.41. The highest BCUT2D eigenvalue weighted by atomic mass is 19.1. The topological polar surface area (TPSA) is 73.1 Å². The molecule has 0 amide bonds. The number of nitrogens with zero attached hydrogens (tertiary/aromatic N) is 2. The van der Waals surface area contributed by atoms with Crippen LogP contribution in [-0.2, 0) is 0 Å². The predicted octanol–water partition coefficient (Wildman–Crippen LogP) is 1.71. The van der Waals surface area contributed by atoms with E-state index in [0.717, 1.165) is 12.6 Å². The molecule has 16 heavy (non-hydrogen) atoms. The van der Waals surface area contributed by atoms with E-state index < -0.39 is 5.82 Å². The Morgan fingerprint density at radius 1 is 1.50 bits per heavy atom. The number of hydrazine groups is 1. The van der Waals surface area contributed by atoms with Crippen LogP contribution in [0, 0.1) is 11.7 Å². The van der Waals surface area contributed by atoms with E-state index in [0.29, 0.717) is 5.92 Å². The van der Waals surface area contributed by atoms with Gasteiger partial charge in [-0.05, 0) is 19.3 Å². The molecule has 0 saturated carbocycles. The monoisotopic (exact) mass is 228 g/mol. The lowest BCUT2D eigenvalue weighted by molar-refractivity contribution is 0.177. The van der Waals surface area contributed by atoms with Crippen LogP contribution in [0.4, 0.5) is 10.3 Å². The van der Waals surface area contributed by atoms with E-state index in [-0.39, 0.29) is 17.9 Å². The highest BCUT2D eigenvalue weighted by Gasteiger charge is 2.12. The molecule has 5 nitrogen and oxygen atoms in total. The fourth-order valence-corrected chi connectivity index (χ4v) is 1.41. The van der Waals surface area contributed by atoms with Crippen molar-refractivity contribution in [2.45, 2.75) is 33.3 Å². The molecule has 0 aliphatic heterocycles. The molecule has 1 atom stereocenters. The first-order chi connectivity index (χ1) is 7.52. The lowest BCUT2D eigenvalue weighted by Gasteiger charge is -2.16. The number of nitrogens with two attached hydrogens (primary N) is 1. The van der Waals surface area contributed by atoms with Gasteiger partial charge in [0.05, 0.1) is 12.3 Å². The maximum Gasteiger partial charge on any atom is 0.255 e. The Morgan fingerprint density at radius 2 is 2.19 bits per heavy atom. The number of hydrogen-bond acceptors (Lipinski definition) is 5. The number of nitrogens with one attached hydrogen (secondary N) is 1. The zero-order valence-electron chi connectivity index (χ0n) is 9.70. The number of anilines is 1. The van der Waals surface area contributed by atoms with Gasteiger partial charge in [0.25, 0.3) is 5.88 Å². The van der Waals surface area contributed by atoms with Crippen molar-refractivity contribution in [3.8, 4) is 5.88 Å². The summed E-state index contributed by atoms with van der Waals surface area (Å²) in [4.78, 5) is 7.42. The predicted molar refractivity (Wildman–Crippen MR) is 59.3 cm³/mol. The van der Waals surface area contributed by atoms with Gasteiger partial charge in [-0.3, -0.25) is 5.43 Å². The van der Waals surface area contributed by atoms with E-state index in [4.69, 9.17) is 10.6 Å². The van der Waals surface area contributed by atoms with Crippen molar-refractivity contribution in [1.82, 2.24) is 9.97 Å². The maximum atomic E-state index is 13.3. The van der Waals surface area contributed by atoms with Crippen molar-refractivity contribution in [2.75, 3.05) is 5.43 Å². The highest BCUT2D eigenvalue weighted by Crippen LogP contribution is 2.17. The first-order valence-corrected chi connectivity index (χ1v) is 5.18. The molecular formula is C10H17FN4O. The minimum absolute atomic E-state index is 0.0731. The van der Waals surface area contributed by atoms with Gasteiger partial charge < -0.3 is 4.74 Å². The Bertz CT molecular complexity index is 346. The van der Waals surface area contributed by atoms with Gasteiger partial charge in [0.1, 0.15) is 0 Å². The summed E-state index contributed by atoms with van der Waals surface area (Å²) in [5.74, 6) is 5.08. The van der Waals surface area contributed by atoms with Crippen LogP contribution >= 0.6 is 0 Å². The Morgan fingerprint density at radius 3 is 2.75 bits per heavy atom. The van der Waals surface area contributed by atoms with Crippen LogP contribution in [-0.4, -0.2) is 16.1 Å². The summed E-state index contributed by atoms with van der Waals surface area (Å²) in [6.45, 7) is 6.02. The quantitative estimate of drug-likeness (QED) is 0.593. The van der Waals surface area contributed by atoms with Crippen LogP contribution in [0.2, 0.25) is 0 Å². The van der Waals surface area contributed by atoms with E-state index in [1.807, 2.05) is 6.92 Å². The van der Waals surface area contributed by atoms with Gasteiger partial charge in [0.15, 0.2) is 0 Å². The van der Waals surface area contributed by atoms with Gasteiger partial charge >= 0.3 is 0 Å². The summed E-state index contributed by atoms with van der Waals surface area (Å²) >= 11 is 0. The summed E-state index contributed by atoms with van der Waals surface area (Å²) in [6, 6.07) is 0. The molecule has 0 aliphatic rings. The molecular weight excluding hydrogens is 211 g/mol. The lowest BCUT2D eigenvalue weighted by Crippen LogP contribution is -2.17. The summed E-state index contributed by atoms with van der Waals surface area (Å²) in [7, 11) is 0. The zero-order valence-corrected chi connectivity index (χ0v) is 9.70. The summed E-state index contributed by atoms with van der Waals surface area (Å²) in [5, 5.41) is 0. The molecule has 1 aromatic heterocycles. The molecule has 3 N–H and O–H groups in total. The van der Waals surface area contributed by atoms with Gasteiger partial charge in [0.2, 0.25) is 11.8 Å². The van der Waals surface area contributed by atoms with E-state index >= 15 is 0 Å². The summed E-state index contributed by atoms with van der Waals surface area (Å²) in [5.41, 5.74) is 2.24. The zero-order chi connectivity index (χ0) is 12.1. The molecule has 1 aromatic rings. The van der Waals surface area contributed by atoms with Crippen molar-refractivity contribution >= 4 is 5.95 Å². The Labute approximate surface area is 94.2 Å². The summed E-state index contributed by atoms with van der Waals surface area (Å²) < 4.78 is 18.7. The SMILES string of the molecule is CC(C)CC(C)Oc1nc(NN)ncc1F. The normalized spacial score (nSPS) is 12.6. The standard InChI is InChI=1S/C10H17FN4O/c1-6(2)4-7(3)16-9-8(11)5-13-10(14-9)15-12/h5-7H,4,12H2,1-3H3,(H,13,14,15). The minimum Gasteiger partial charge on any atom is -0.472 e. The largest absolute Gasteiger partial charge is 0.472 e. The van der Waals surface area contributed by atoms with Crippen LogP contribution in [0.15, 0.2) is 6.20 Å². The maximum absolute atomic E-state index is 13.3. The van der Waals surface area contributed by atoms with Gasteiger partial charge in [-0.25, -0.2) is 10.8 Å². The van der Waals surface area contributed by atoms with Crippen molar-refractivity contribution in [3.63, 3.8) is 0 Å². The average molecular weight is 228 g/mol. The Balaban J connectivity index is 2.71. The highest BCUT2D eigenvalue weighted by molar-refractivity contribution is 5.26. The van der Waals surface area contributed by atoms with Crippen LogP contribution in [0.1, 0.15) is 27.2 Å². The first-order valence-electron chi connectivity index (χ1n) is 5.18. The van der Waals surface area contributed by atoms with Crippen LogP contribution < -0.4 is 16.0 Å². The van der Waals surface area contributed by atoms with Crippen LogP contribution in [0.25, 0.3) is 0 Å². The van der Waals surface area contributed by atoms with E-state index in [1.54, 1.807) is 0 Å². The smallest absolute Gasteiger partial charge is 0.255 e. The number of hydrogen-bond donors (Lipinski definition) is 2. The van der Waals surface area contributed by atoms with Gasteiger partial charge in [-0.15, -0.1) is 0 Å². The molecule has 1 heterocycles. The molecule has 0 aliphatic carbocycles. The summed E-state index contributed by atoms with van der Waals surface area (Å²) in [6.07, 6.45) is 1.75. The van der Waals surface area contributed by atoms with E-state index in [2.05, 4.69) is 29.2 Å². The second kappa shape index (κ2) is 5.60. The van der Waals surface area contributed by atoms with Crippen molar-refractivity contribution in [1.29, 1.82) is 0 Å². The number of aromatic nitrogens is 2. The van der Waals surface area contributed by atoms with Crippen molar-refractivity contribution < 1.29 is 9.13 Å². The third-order valence-corrected chi connectivity index (χ3v) is 1.96.